The van der Waals surface area contributed by atoms with Crippen LogP contribution in [-0.4, -0.2) is 21.7 Å². The Bertz CT molecular complexity index is 748. The van der Waals surface area contributed by atoms with E-state index in [4.69, 9.17) is 10.5 Å². The summed E-state index contributed by atoms with van der Waals surface area (Å²) in [4.78, 5) is 4.34. The zero-order valence-electron chi connectivity index (χ0n) is 10.8. The first kappa shape index (κ1) is 11.5. The third kappa shape index (κ3) is 1.99. The summed E-state index contributed by atoms with van der Waals surface area (Å²) in [5.41, 5.74) is 9.46. The molecule has 0 saturated carbocycles. The Balaban J connectivity index is 2.18. The Labute approximate surface area is 110 Å². The predicted molar refractivity (Wildman–Crippen MR) is 74.1 cm³/mol. The number of nitrogens with zero attached hydrogens (tertiary/aromatic N) is 3. The molecule has 0 aliphatic carbocycles. The molecule has 96 valence electrons. The zero-order chi connectivity index (χ0) is 13.4. The van der Waals surface area contributed by atoms with Crippen molar-refractivity contribution >= 4 is 11.5 Å². The highest BCUT2D eigenvalue weighted by atomic mass is 16.5. The number of nitrogen functional groups attached to an aromatic ring is 1. The molecular formula is C14H14N4O. The standard InChI is InChI=1S/C14H14N4O/c1-9-3-4-11(12(5-9)19-2)10-7-16-14-6-13(15)17-18(14)8-10/h3-8H,1-2H3,(H2,15,17). The van der Waals surface area contributed by atoms with Crippen molar-refractivity contribution in [2.45, 2.75) is 6.92 Å². The summed E-state index contributed by atoms with van der Waals surface area (Å²) in [7, 11) is 1.66. The topological polar surface area (TPSA) is 65.4 Å². The highest BCUT2D eigenvalue weighted by Gasteiger charge is 2.08. The number of hydrogen-bond donors (Lipinski definition) is 1. The van der Waals surface area contributed by atoms with Crippen LogP contribution < -0.4 is 10.5 Å². The van der Waals surface area contributed by atoms with Gasteiger partial charge in [0.15, 0.2) is 5.65 Å². The van der Waals surface area contributed by atoms with E-state index in [0.29, 0.717) is 5.82 Å². The van der Waals surface area contributed by atoms with Crippen molar-refractivity contribution < 1.29 is 4.74 Å². The van der Waals surface area contributed by atoms with Crippen molar-refractivity contribution in [3.05, 3.63) is 42.2 Å². The van der Waals surface area contributed by atoms with E-state index in [0.717, 1.165) is 28.1 Å². The number of fused-ring (bicyclic) bond motifs is 1. The van der Waals surface area contributed by atoms with E-state index in [9.17, 15) is 0 Å². The SMILES string of the molecule is COc1cc(C)ccc1-c1cnc2cc(N)nn2c1. The number of benzene rings is 1. The molecule has 19 heavy (non-hydrogen) atoms. The van der Waals surface area contributed by atoms with Crippen molar-refractivity contribution in [3.8, 4) is 16.9 Å². The molecule has 3 rings (SSSR count). The number of ether oxygens (including phenoxy) is 1. The van der Waals surface area contributed by atoms with Crippen LogP contribution in [0.4, 0.5) is 5.82 Å². The normalized spacial score (nSPS) is 10.8. The van der Waals surface area contributed by atoms with E-state index >= 15 is 0 Å². The van der Waals surface area contributed by atoms with Gasteiger partial charge >= 0.3 is 0 Å². The minimum absolute atomic E-state index is 0.459. The maximum atomic E-state index is 5.66. The number of nitrogens with two attached hydrogens (primary N) is 1. The van der Waals surface area contributed by atoms with Crippen molar-refractivity contribution in [3.63, 3.8) is 0 Å². The van der Waals surface area contributed by atoms with Gasteiger partial charge in [-0.3, -0.25) is 0 Å². The van der Waals surface area contributed by atoms with Crippen LogP contribution in [0.1, 0.15) is 5.56 Å². The molecule has 0 aliphatic heterocycles. The second-order valence-electron chi connectivity index (χ2n) is 4.42. The molecule has 3 aromatic rings. The van der Waals surface area contributed by atoms with E-state index in [2.05, 4.69) is 10.1 Å². The third-order valence-corrected chi connectivity index (χ3v) is 3.00. The number of aryl methyl sites for hydroxylation is 1. The molecule has 1 aromatic carbocycles. The number of hydrogen-bond acceptors (Lipinski definition) is 4. The number of anilines is 1. The lowest BCUT2D eigenvalue weighted by Gasteiger charge is -2.09. The molecule has 5 nitrogen and oxygen atoms in total. The molecule has 2 N–H and O–H groups in total. The lowest BCUT2D eigenvalue weighted by atomic mass is 10.1. The van der Waals surface area contributed by atoms with E-state index in [1.807, 2.05) is 31.3 Å². The van der Waals surface area contributed by atoms with E-state index in [-0.39, 0.29) is 0 Å². The van der Waals surface area contributed by atoms with Crippen molar-refractivity contribution in [2.24, 2.45) is 0 Å². The van der Waals surface area contributed by atoms with Gasteiger partial charge in [-0.15, -0.1) is 5.10 Å². The Kier molecular flexibility index (Phi) is 2.59. The predicted octanol–water partition coefficient (Wildman–Crippen LogP) is 2.30. The van der Waals surface area contributed by atoms with Gasteiger partial charge in [0.05, 0.1) is 7.11 Å². The highest BCUT2D eigenvalue weighted by molar-refractivity contribution is 5.70. The average Bonchev–Trinajstić information content (AvgIpc) is 2.77. The number of aromatic nitrogens is 3. The summed E-state index contributed by atoms with van der Waals surface area (Å²) in [5, 5.41) is 4.16. The maximum Gasteiger partial charge on any atom is 0.157 e. The summed E-state index contributed by atoms with van der Waals surface area (Å²) in [6.45, 7) is 2.03. The van der Waals surface area contributed by atoms with Crippen LogP contribution in [0.25, 0.3) is 16.8 Å². The summed E-state index contributed by atoms with van der Waals surface area (Å²) in [6.07, 6.45) is 3.69. The Morgan fingerprint density at radius 1 is 1.26 bits per heavy atom. The zero-order valence-corrected chi connectivity index (χ0v) is 10.8. The van der Waals surface area contributed by atoms with Crippen LogP contribution in [-0.2, 0) is 0 Å². The van der Waals surface area contributed by atoms with Gasteiger partial charge < -0.3 is 10.5 Å². The second-order valence-corrected chi connectivity index (χ2v) is 4.42. The van der Waals surface area contributed by atoms with Crippen molar-refractivity contribution in [2.75, 3.05) is 12.8 Å². The van der Waals surface area contributed by atoms with Gasteiger partial charge in [0.2, 0.25) is 0 Å². The minimum atomic E-state index is 0.459. The van der Waals surface area contributed by atoms with Crippen LogP contribution in [0.3, 0.4) is 0 Å². The summed E-state index contributed by atoms with van der Waals surface area (Å²) < 4.78 is 7.09. The van der Waals surface area contributed by atoms with Gasteiger partial charge in [-0.25, -0.2) is 9.50 Å². The molecule has 0 spiro atoms. The molecule has 2 aromatic heterocycles. The van der Waals surface area contributed by atoms with Crippen LogP contribution in [0.2, 0.25) is 0 Å². The minimum Gasteiger partial charge on any atom is -0.496 e. The van der Waals surface area contributed by atoms with Gasteiger partial charge in [0, 0.05) is 29.6 Å². The lowest BCUT2D eigenvalue weighted by molar-refractivity contribution is 0.416. The molecule has 0 radical (unpaired) electrons. The molecular weight excluding hydrogens is 240 g/mol. The maximum absolute atomic E-state index is 5.66. The van der Waals surface area contributed by atoms with Gasteiger partial charge in [-0.2, -0.15) is 0 Å². The van der Waals surface area contributed by atoms with Crippen molar-refractivity contribution in [1.82, 2.24) is 14.6 Å². The van der Waals surface area contributed by atoms with E-state index < -0.39 is 0 Å². The highest BCUT2D eigenvalue weighted by Crippen LogP contribution is 2.30. The molecule has 5 heteroatoms. The van der Waals surface area contributed by atoms with E-state index in [1.54, 1.807) is 23.9 Å². The smallest absolute Gasteiger partial charge is 0.157 e. The van der Waals surface area contributed by atoms with Gasteiger partial charge in [-0.1, -0.05) is 12.1 Å². The van der Waals surface area contributed by atoms with Gasteiger partial charge in [-0.05, 0) is 18.6 Å². The van der Waals surface area contributed by atoms with Crippen LogP contribution >= 0.6 is 0 Å². The third-order valence-electron chi connectivity index (χ3n) is 3.00. The first-order valence-electron chi connectivity index (χ1n) is 5.93. The van der Waals surface area contributed by atoms with Crippen molar-refractivity contribution in [1.29, 1.82) is 0 Å². The molecule has 0 unspecified atom stereocenters. The molecule has 2 heterocycles. The fourth-order valence-corrected chi connectivity index (χ4v) is 2.07. The lowest BCUT2D eigenvalue weighted by Crippen LogP contribution is -1.94. The largest absolute Gasteiger partial charge is 0.496 e. The number of rotatable bonds is 2. The van der Waals surface area contributed by atoms with Gasteiger partial charge in [0.1, 0.15) is 11.6 Å². The Morgan fingerprint density at radius 3 is 2.89 bits per heavy atom. The molecule has 0 saturated heterocycles. The summed E-state index contributed by atoms with van der Waals surface area (Å²) in [6, 6.07) is 7.79. The first-order chi connectivity index (χ1) is 9.17. The van der Waals surface area contributed by atoms with E-state index in [1.165, 1.54) is 0 Å². The van der Waals surface area contributed by atoms with Crippen LogP contribution in [0.5, 0.6) is 5.75 Å². The summed E-state index contributed by atoms with van der Waals surface area (Å²) >= 11 is 0. The average molecular weight is 254 g/mol. The molecule has 0 aliphatic rings. The fourth-order valence-electron chi connectivity index (χ4n) is 2.07. The Morgan fingerprint density at radius 2 is 2.11 bits per heavy atom. The molecule has 0 bridgehead atoms. The molecule has 0 fully saturated rings. The molecule has 0 amide bonds. The number of methoxy groups -OCH3 is 1. The van der Waals surface area contributed by atoms with Crippen LogP contribution in [0.15, 0.2) is 36.7 Å². The second kappa shape index (κ2) is 4.28. The Hall–Kier alpha value is -2.56. The first-order valence-corrected chi connectivity index (χ1v) is 5.93. The fraction of sp³-hybridized carbons (Fsp3) is 0.143. The molecule has 0 atom stereocenters. The van der Waals surface area contributed by atoms with Gasteiger partial charge in [0.25, 0.3) is 0 Å². The van der Waals surface area contributed by atoms with Crippen LogP contribution in [0, 0.1) is 6.92 Å². The summed E-state index contributed by atoms with van der Waals surface area (Å²) in [5.74, 6) is 1.28. The monoisotopic (exact) mass is 254 g/mol. The quantitative estimate of drug-likeness (QED) is 0.762.